The van der Waals surface area contributed by atoms with Crippen LogP contribution in [0, 0.1) is 10.8 Å². The van der Waals surface area contributed by atoms with Gasteiger partial charge in [0.1, 0.15) is 0 Å². The molecule has 0 aromatic heterocycles. The number of rotatable bonds is 4. The van der Waals surface area contributed by atoms with Gasteiger partial charge in [0.05, 0.1) is 22.3 Å². The topological polar surface area (TPSA) is 105 Å². The monoisotopic (exact) mass is 724 g/mol. The predicted octanol–water partition coefficient (Wildman–Crippen LogP) is 10.1. The van der Waals surface area contributed by atoms with Gasteiger partial charge in [-0.25, -0.2) is 19.2 Å². The number of ether oxygens (including phenoxy) is 4. The molecule has 0 N–H and O–H groups in total. The van der Waals surface area contributed by atoms with Crippen molar-refractivity contribution in [1.29, 1.82) is 0 Å². The van der Waals surface area contributed by atoms with Crippen LogP contribution in [0.4, 0.5) is 0 Å². The lowest BCUT2D eigenvalue weighted by Gasteiger charge is -2.33. The molecule has 6 rings (SSSR count). The molecule has 268 valence electrons. The molecule has 2 aliphatic heterocycles. The molecule has 2 heterocycles. The lowest BCUT2D eigenvalue weighted by molar-refractivity contribution is -0.152. The molecule has 10 heteroatoms. The summed E-state index contributed by atoms with van der Waals surface area (Å²) in [4.78, 5) is 50.5. The highest BCUT2D eigenvalue weighted by Crippen LogP contribution is 2.50. The minimum atomic E-state index is -0.792. The summed E-state index contributed by atoms with van der Waals surface area (Å²) in [6, 6.07) is 13.0. The van der Waals surface area contributed by atoms with Crippen LogP contribution in [-0.2, 0) is 28.5 Å². The van der Waals surface area contributed by atoms with E-state index < -0.39 is 34.0 Å². The molecule has 8 nitrogen and oxygen atoms in total. The Bertz CT molecular complexity index is 1570. The highest BCUT2D eigenvalue weighted by atomic mass is 35.5. The number of esters is 4. The fourth-order valence-electron chi connectivity index (χ4n) is 7.15. The zero-order valence-electron chi connectivity index (χ0n) is 29.7. The molecular formula is C40H46Cl2O8. The van der Waals surface area contributed by atoms with Crippen molar-refractivity contribution >= 4 is 47.1 Å². The third kappa shape index (κ3) is 7.97. The Labute approximate surface area is 304 Å². The molecule has 2 aromatic rings. The third-order valence-corrected chi connectivity index (χ3v) is 10.1. The first-order chi connectivity index (χ1) is 23.5. The maximum Gasteiger partial charge on any atom is 0.343 e. The third-order valence-electron chi connectivity index (χ3n) is 9.64. The van der Waals surface area contributed by atoms with Crippen molar-refractivity contribution < 1.29 is 38.1 Å². The van der Waals surface area contributed by atoms with E-state index in [1.54, 1.807) is 48.5 Å². The van der Waals surface area contributed by atoms with Crippen LogP contribution in [0.15, 0.2) is 71.2 Å². The van der Waals surface area contributed by atoms with Gasteiger partial charge in [0.2, 0.25) is 0 Å². The minimum Gasteiger partial charge on any atom is -0.447 e. The molecule has 4 aliphatic rings. The number of hydrogen-bond donors (Lipinski definition) is 0. The average molecular weight is 726 g/mol. The molecular weight excluding hydrogens is 679 g/mol. The number of carbonyl (C=O) groups excluding carboxylic acids is 4. The first kappa shape index (κ1) is 37.6. The fraction of sp³-hybridized carbons (Fsp3) is 0.500. The second-order valence-electron chi connectivity index (χ2n) is 15.6. The normalized spacial score (nSPS) is 19.9. The number of halogens is 2. The number of carbonyl (C=O) groups is 4. The maximum absolute atomic E-state index is 12.7. The largest absolute Gasteiger partial charge is 0.447 e. The van der Waals surface area contributed by atoms with Gasteiger partial charge in [-0.15, -0.1) is 0 Å². The Morgan fingerprint density at radius 3 is 1.14 bits per heavy atom. The number of hydrogen-bond acceptors (Lipinski definition) is 8. The molecule has 0 bridgehead atoms. The Morgan fingerprint density at radius 2 is 0.860 bits per heavy atom. The van der Waals surface area contributed by atoms with Gasteiger partial charge in [0.15, 0.2) is 22.7 Å². The second-order valence-corrected chi connectivity index (χ2v) is 16.5. The van der Waals surface area contributed by atoms with Crippen molar-refractivity contribution in [2.45, 2.75) is 117 Å². The van der Waals surface area contributed by atoms with E-state index in [1.807, 2.05) is 41.5 Å². The molecule has 2 fully saturated rings. The maximum atomic E-state index is 12.7. The summed E-state index contributed by atoms with van der Waals surface area (Å²) in [6.45, 7) is 11.6. The van der Waals surface area contributed by atoms with Crippen LogP contribution < -0.4 is 0 Å². The van der Waals surface area contributed by atoms with E-state index in [1.165, 1.54) is 0 Å². The van der Waals surface area contributed by atoms with Gasteiger partial charge in [0, 0.05) is 10.0 Å². The molecule has 0 atom stereocenters. The lowest BCUT2D eigenvalue weighted by Crippen LogP contribution is -2.36. The minimum absolute atomic E-state index is 0.367. The molecule has 2 aromatic carbocycles. The molecule has 50 heavy (non-hydrogen) atoms. The predicted molar refractivity (Wildman–Crippen MR) is 191 cm³/mol. The van der Waals surface area contributed by atoms with Crippen molar-refractivity contribution in [2.75, 3.05) is 0 Å². The van der Waals surface area contributed by atoms with Gasteiger partial charge in [-0.1, -0.05) is 77.6 Å². The summed E-state index contributed by atoms with van der Waals surface area (Å²) in [6.07, 6.45) is 8.79. The molecule has 0 radical (unpaired) electrons. The summed E-state index contributed by atoms with van der Waals surface area (Å²) in [5, 5.41) is 1.10. The summed E-state index contributed by atoms with van der Waals surface area (Å²) < 4.78 is 23.2. The van der Waals surface area contributed by atoms with E-state index >= 15 is 0 Å². The van der Waals surface area contributed by atoms with Crippen molar-refractivity contribution in [3.8, 4) is 0 Å². The first-order valence-corrected chi connectivity index (χ1v) is 18.1. The Hall–Kier alpha value is -3.62. The van der Waals surface area contributed by atoms with Crippen LogP contribution in [0.2, 0.25) is 10.0 Å². The van der Waals surface area contributed by atoms with Crippen molar-refractivity contribution in [3.05, 3.63) is 92.4 Å². The van der Waals surface area contributed by atoms with Crippen LogP contribution in [0.3, 0.4) is 0 Å². The van der Waals surface area contributed by atoms with Crippen LogP contribution in [0.25, 0.3) is 0 Å². The Balaban J connectivity index is 0.000000194. The Kier molecular flexibility index (Phi) is 10.9. The van der Waals surface area contributed by atoms with Gasteiger partial charge in [0.25, 0.3) is 0 Å². The van der Waals surface area contributed by atoms with Gasteiger partial charge >= 0.3 is 23.9 Å². The van der Waals surface area contributed by atoms with E-state index in [0.717, 1.165) is 38.5 Å². The van der Waals surface area contributed by atoms with Gasteiger partial charge in [-0.3, -0.25) is 0 Å². The highest BCUT2D eigenvalue weighted by Gasteiger charge is 2.54. The van der Waals surface area contributed by atoms with Gasteiger partial charge in [-0.05, 0) is 111 Å². The van der Waals surface area contributed by atoms with Gasteiger partial charge < -0.3 is 18.9 Å². The van der Waals surface area contributed by atoms with Gasteiger partial charge in [-0.2, -0.15) is 0 Å². The SMILES string of the molecule is CC(C)(C)C1=C(OC(=O)c2ccc(Cl)cc2)C2(CCCCC2)OC1=O.CC(C)(C)C1=C(OC(=O)c2ccc(Cl)cc2)C2(CCCCC2)OC1=O. The highest BCUT2D eigenvalue weighted by molar-refractivity contribution is 6.31. The lowest BCUT2D eigenvalue weighted by atomic mass is 9.79. The molecule has 0 saturated heterocycles. The second kappa shape index (κ2) is 14.5. The molecule has 0 amide bonds. The Morgan fingerprint density at radius 1 is 0.560 bits per heavy atom. The molecule has 2 aliphatic carbocycles. The van der Waals surface area contributed by atoms with E-state index in [0.29, 0.717) is 69.5 Å². The van der Waals surface area contributed by atoms with Crippen LogP contribution in [0.5, 0.6) is 0 Å². The fourth-order valence-corrected chi connectivity index (χ4v) is 7.40. The summed E-state index contributed by atoms with van der Waals surface area (Å²) in [5.74, 6) is -0.899. The summed E-state index contributed by atoms with van der Waals surface area (Å²) >= 11 is 11.8. The molecule has 2 saturated carbocycles. The van der Waals surface area contributed by atoms with E-state index in [4.69, 9.17) is 42.1 Å². The average Bonchev–Trinajstić information content (AvgIpc) is 3.46. The zero-order chi connectivity index (χ0) is 36.5. The number of benzene rings is 2. The standard InChI is InChI=1S/2C20H23ClO4/c2*1-19(2,3)15-16(20(25-18(15)23)11-5-4-6-12-20)24-17(22)13-7-9-14(21)10-8-13/h2*7-10H,4-6,11-12H2,1-3H3. The van der Waals surface area contributed by atoms with E-state index in [2.05, 4.69) is 0 Å². The smallest absolute Gasteiger partial charge is 0.343 e. The van der Waals surface area contributed by atoms with Crippen molar-refractivity contribution in [2.24, 2.45) is 10.8 Å². The van der Waals surface area contributed by atoms with Crippen molar-refractivity contribution in [1.82, 2.24) is 0 Å². The van der Waals surface area contributed by atoms with Crippen LogP contribution >= 0.6 is 23.2 Å². The quantitative estimate of drug-likeness (QED) is 0.227. The van der Waals surface area contributed by atoms with Crippen LogP contribution in [-0.4, -0.2) is 35.1 Å². The molecule has 2 spiro atoms. The summed E-state index contributed by atoms with van der Waals surface area (Å²) in [7, 11) is 0. The van der Waals surface area contributed by atoms with Crippen molar-refractivity contribution in [3.63, 3.8) is 0 Å². The first-order valence-electron chi connectivity index (χ1n) is 17.4. The van der Waals surface area contributed by atoms with Crippen LogP contribution in [0.1, 0.15) is 126 Å². The van der Waals surface area contributed by atoms with E-state index in [9.17, 15) is 19.2 Å². The molecule has 0 unspecified atom stereocenters. The zero-order valence-corrected chi connectivity index (χ0v) is 31.2. The summed E-state index contributed by atoms with van der Waals surface area (Å²) in [5.41, 5.74) is -0.777. The van der Waals surface area contributed by atoms with E-state index in [-0.39, 0.29) is 11.9 Å².